The fraction of sp³-hybridized carbons (Fsp3) is 1.00. The van der Waals surface area contributed by atoms with Crippen LogP contribution in [-0.2, 0) is 0 Å². The lowest BCUT2D eigenvalue weighted by molar-refractivity contribution is 0.465. The Bertz CT molecular complexity index is 74.4. The van der Waals surface area contributed by atoms with Crippen LogP contribution in [0.4, 0.5) is 0 Å². The summed E-state index contributed by atoms with van der Waals surface area (Å²) < 4.78 is 0. The third-order valence-corrected chi connectivity index (χ3v) is 1.63. The summed E-state index contributed by atoms with van der Waals surface area (Å²) in [6, 6.07) is 0.794. The monoisotopic (exact) mass is 129 g/mol. The van der Waals surface area contributed by atoms with Gasteiger partial charge in [0.05, 0.1) is 0 Å². The molecule has 0 aromatic rings. The average Bonchev–Trinajstić information content (AvgIpc) is 2.50. The smallest absolute Gasteiger partial charge is 0.0482 e. The number of nitrogens with zero attached hydrogens (tertiary/aromatic N) is 1. The summed E-state index contributed by atoms with van der Waals surface area (Å²) in [4.78, 5) is 2.39. The largest absolute Gasteiger partial charge is 0.318 e. The maximum absolute atomic E-state index is 3.15. The van der Waals surface area contributed by atoms with Crippen molar-refractivity contribution in [1.29, 1.82) is 0 Å². The van der Waals surface area contributed by atoms with Crippen molar-refractivity contribution in [3.8, 4) is 0 Å². The minimum Gasteiger partial charge on any atom is -0.318 e. The molecule has 54 valence electrons. The van der Waals surface area contributed by atoms with E-state index in [1.54, 1.807) is 0 Å². The van der Waals surface area contributed by atoms with Crippen LogP contribution in [0.3, 0.4) is 0 Å². The maximum atomic E-state index is 3.15. The molecule has 1 fully saturated rings. The van der Waals surface area contributed by atoms with E-state index in [1.165, 1.54) is 6.54 Å². The second kappa shape index (κ2) is 3.15. The Morgan fingerprint density at radius 2 is 2.22 bits per heavy atom. The molecule has 2 N–H and O–H groups in total. The van der Waals surface area contributed by atoms with Crippen LogP contribution in [0.25, 0.3) is 0 Å². The van der Waals surface area contributed by atoms with Crippen molar-refractivity contribution in [2.45, 2.75) is 6.04 Å². The first-order valence-electron chi connectivity index (χ1n) is 3.41. The van der Waals surface area contributed by atoms with Gasteiger partial charge in [0.2, 0.25) is 0 Å². The Hall–Kier alpha value is -0.120. The fourth-order valence-electron chi connectivity index (χ4n) is 1.05. The predicted octanol–water partition coefficient (Wildman–Crippen LogP) is -0.933. The zero-order valence-corrected chi connectivity index (χ0v) is 6.15. The van der Waals surface area contributed by atoms with Crippen LogP contribution in [0, 0.1) is 0 Å². The van der Waals surface area contributed by atoms with E-state index in [0.717, 1.165) is 19.3 Å². The van der Waals surface area contributed by atoms with Gasteiger partial charge in [0.25, 0.3) is 0 Å². The Labute approximate surface area is 56.4 Å². The molecule has 1 rings (SSSR count). The lowest BCUT2D eigenvalue weighted by atomic mass is 10.5. The van der Waals surface area contributed by atoms with Crippen LogP contribution in [0.5, 0.6) is 0 Å². The van der Waals surface area contributed by atoms with Gasteiger partial charge < -0.3 is 10.6 Å². The molecule has 1 aliphatic heterocycles. The number of rotatable bonds is 4. The lowest BCUT2D eigenvalue weighted by Gasteiger charge is -1.99. The maximum Gasteiger partial charge on any atom is 0.0482 e. The molecular formula is C6H15N3. The minimum atomic E-state index is 0.794. The van der Waals surface area contributed by atoms with Crippen LogP contribution >= 0.6 is 0 Å². The molecule has 0 bridgehead atoms. The van der Waals surface area contributed by atoms with E-state index in [2.05, 4.69) is 15.5 Å². The second-order valence-electron chi connectivity index (χ2n) is 2.49. The van der Waals surface area contributed by atoms with Crippen molar-refractivity contribution in [3.63, 3.8) is 0 Å². The standard InChI is InChI=1S/C6H15N3/c1-7-3-6-4-9(6)5-8-2/h6-8H,3-5H2,1-2H3/t6-,9?/m0/s1. The van der Waals surface area contributed by atoms with Gasteiger partial charge in [-0.25, -0.2) is 0 Å². The van der Waals surface area contributed by atoms with Crippen molar-refractivity contribution in [2.24, 2.45) is 0 Å². The molecule has 0 aliphatic carbocycles. The minimum absolute atomic E-state index is 0.794. The van der Waals surface area contributed by atoms with Crippen LogP contribution in [0.1, 0.15) is 0 Å². The molecule has 1 saturated heterocycles. The molecule has 1 aliphatic rings. The van der Waals surface area contributed by atoms with Gasteiger partial charge >= 0.3 is 0 Å². The summed E-state index contributed by atoms with van der Waals surface area (Å²) in [6.07, 6.45) is 0. The zero-order chi connectivity index (χ0) is 6.69. The van der Waals surface area contributed by atoms with Gasteiger partial charge in [-0.1, -0.05) is 0 Å². The highest BCUT2D eigenvalue weighted by Crippen LogP contribution is 2.13. The number of likely N-dealkylation sites (N-methyl/N-ethyl adjacent to an activating group) is 1. The number of nitrogens with one attached hydrogen (secondary N) is 2. The van der Waals surface area contributed by atoms with Gasteiger partial charge in [-0.15, -0.1) is 0 Å². The molecule has 3 heteroatoms. The summed E-state index contributed by atoms with van der Waals surface area (Å²) in [7, 11) is 3.98. The Morgan fingerprint density at radius 3 is 2.78 bits per heavy atom. The molecule has 1 heterocycles. The molecule has 0 aromatic heterocycles. The third kappa shape index (κ3) is 1.93. The Kier molecular flexibility index (Phi) is 2.45. The van der Waals surface area contributed by atoms with Crippen LogP contribution in [-0.4, -0.2) is 44.8 Å². The van der Waals surface area contributed by atoms with E-state index >= 15 is 0 Å². The molecule has 0 radical (unpaired) electrons. The topological polar surface area (TPSA) is 27.1 Å². The van der Waals surface area contributed by atoms with E-state index < -0.39 is 0 Å². The van der Waals surface area contributed by atoms with Gasteiger partial charge in [-0.3, -0.25) is 4.90 Å². The molecule has 3 nitrogen and oxygen atoms in total. The van der Waals surface area contributed by atoms with Gasteiger partial charge in [0, 0.05) is 25.8 Å². The van der Waals surface area contributed by atoms with Gasteiger partial charge in [0.1, 0.15) is 0 Å². The van der Waals surface area contributed by atoms with Crippen LogP contribution in [0.2, 0.25) is 0 Å². The van der Waals surface area contributed by atoms with E-state index in [0.29, 0.717) is 0 Å². The zero-order valence-electron chi connectivity index (χ0n) is 6.15. The average molecular weight is 129 g/mol. The van der Waals surface area contributed by atoms with E-state index in [1.807, 2.05) is 14.1 Å². The number of hydrogen-bond acceptors (Lipinski definition) is 3. The van der Waals surface area contributed by atoms with Gasteiger partial charge in [-0.2, -0.15) is 0 Å². The fourth-order valence-corrected chi connectivity index (χ4v) is 1.05. The van der Waals surface area contributed by atoms with Crippen molar-refractivity contribution in [1.82, 2.24) is 15.5 Å². The highest BCUT2D eigenvalue weighted by molar-refractivity contribution is 4.89. The molecule has 2 atom stereocenters. The van der Waals surface area contributed by atoms with E-state index in [9.17, 15) is 0 Å². The molecule has 9 heavy (non-hydrogen) atoms. The Morgan fingerprint density at radius 1 is 1.44 bits per heavy atom. The van der Waals surface area contributed by atoms with Gasteiger partial charge in [-0.05, 0) is 14.1 Å². The highest BCUT2D eigenvalue weighted by Gasteiger charge is 2.31. The second-order valence-corrected chi connectivity index (χ2v) is 2.49. The van der Waals surface area contributed by atoms with Crippen LogP contribution in [0.15, 0.2) is 0 Å². The lowest BCUT2D eigenvalue weighted by Crippen LogP contribution is -2.22. The summed E-state index contributed by atoms with van der Waals surface area (Å²) in [5.41, 5.74) is 0. The van der Waals surface area contributed by atoms with Crippen molar-refractivity contribution < 1.29 is 0 Å². The summed E-state index contributed by atoms with van der Waals surface area (Å²) in [5, 5.41) is 6.26. The third-order valence-electron chi connectivity index (χ3n) is 1.63. The molecule has 0 amide bonds. The van der Waals surface area contributed by atoms with E-state index in [4.69, 9.17) is 0 Å². The summed E-state index contributed by atoms with van der Waals surface area (Å²) >= 11 is 0. The molecular weight excluding hydrogens is 114 g/mol. The SMILES string of the molecule is CNC[C@H]1CN1CNC. The van der Waals surface area contributed by atoms with Crippen molar-refractivity contribution in [3.05, 3.63) is 0 Å². The Balaban J connectivity index is 1.96. The summed E-state index contributed by atoms with van der Waals surface area (Å²) in [6.45, 7) is 3.41. The normalized spacial score (nSPS) is 32.7. The first kappa shape index (κ1) is 6.99. The highest BCUT2D eigenvalue weighted by atomic mass is 15.4. The van der Waals surface area contributed by atoms with E-state index in [-0.39, 0.29) is 0 Å². The first-order chi connectivity index (χ1) is 4.38. The summed E-state index contributed by atoms with van der Waals surface area (Å²) in [5.74, 6) is 0. The molecule has 0 aromatic carbocycles. The predicted molar refractivity (Wildman–Crippen MR) is 38.3 cm³/mol. The van der Waals surface area contributed by atoms with Gasteiger partial charge in [0.15, 0.2) is 0 Å². The van der Waals surface area contributed by atoms with Crippen LogP contribution < -0.4 is 10.6 Å². The molecule has 0 spiro atoms. The van der Waals surface area contributed by atoms with Crippen molar-refractivity contribution >= 4 is 0 Å². The molecule has 0 saturated carbocycles. The first-order valence-corrected chi connectivity index (χ1v) is 3.41. The molecule has 1 unspecified atom stereocenters. The van der Waals surface area contributed by atoms with Crippen molar-refractivity contribution in [2.75, 3.05) is 33.9 Å². The number of hydrogen-bond donors (Lipinski definition) is 2. The quantitative estimate of drug-likeness (QED) is 0.480.